The molecule has 0 fully saturated rings. The van der Waals surface area contributed by atoms with Gasteiger partial charge < -0.3 is 10.4 Å². The van der Waals surface area contributed by atoms with E-state index in [0.29, 0.717) is 6.54 Å². The summed E-state index contributed by atoms with van der Waals surface area (Å²) in [7, 11) is 0. The van der Waals surface area contributed by atoms with E-state index in [1.54, 1.807) is 6.92 Å². The highest BCUT2D eigenvalue weighted by molar-refractivity contribution is 5.31. The van der Waals surface area contributed by atoms with Gasteiger partial charge in [-0.2, -0.15) is 0 Å². The molecule has 1 atom stereocenters. The minimum atomic E-state index is -0.347. The molecular formula is C16H19NO. The molecule has 2 nitrogen and oxygen atoms in total. The molecule has 0 radical (unpaired) electrons. The summed E-state index contributed by atoms with van der Waals surface area (Å²) in [5.74, 6) is 0. The first-order chi connectivity index (χ1) is 8.77. The quantitative estimate of drug-likeness (QED) is 0.843. The molecule has 0 saturated heterocycles. The van der Waals surface area contributed by atoms with Gasteiger partial charge in [-0.3, -0.25) is 0 Å². The van der Waals surface area contributed by atoms with Crippen LogP contribution in [0.25, 0.3) is 0 Å². The van der Waals surface area contributed by atoms with Gasteiger partial charge in [-0.05, 0) is 18.1 Å². The van der Waals surface area contributed by atoms with Gasteiger partial charge >= 0.3 is 0 Å². The lowest BCUT2D eigenvalue weighted by Crippen LogP contribution is -2.29. The van der Waals surface area contributed by atoms with E-state index in [1.807, 2.05) is 36.4 Å². The second-order valence-electron chi connectivity index (χ2n) is 4.51. The van der Waals surface area contributed by atoms with Crippen LogP contribution in [0.15, 0.2) is 60.7 Å². The summed E-state index contributed by atoms with van der Waals surface area (Å²) in [4.78, 5) is 0. The Kier molecular flexibility index (Phi) is 4.51. The van der Waals surface area contributed by atoms with Crippen LogP contribution in [0.4, 0.5) is 0 Å². The highest BCUT2D eigenvalue weighted by atomic mass is 16.3. The molecule has 0 aromatic heterocycles. The fourth-order valence-electron chi connectivity index (χ4n) is 2.01. The van der Waals surface area contributed by atoms with Crippen LogP contribution in [0.2, 0.25) is 0 Å². The predicted octanol–water partition coefficient (Wildman–Crippen LogP) is 2.75. The Labute approximate surface area is 108 Å². The van der Waals surface area contributed by atoms with Crippen molar-refractivity contribution in [2.45, 2.75) is 19.1 Å². The van der Waals surface area contributed by atoms with Gasteiger partial charge in [0.05, 0.1) is 12.1 Å². The average Bonchev–Trinajstić information content (AvgIpc) is 2.41. The summed E-state index contributed by atoms with van der Waals surface area (Å²) >= 11 is 0. The molecule has 2 N–H and O–H groups in total. The smallest absolute Gasteiger partial charge is 0.0636 e. The molecular weight excluding hydrogens is 222 g/mol. The van der Waals surface area contributed by atoms with Gasteiger partial charge in [0.2, 0.25) is 0 Å². The minimum Gasteiger partial charge on any atom is -0.392 e. The Morgan fingerprint density at radius 3 is 1.72 bits per heavy atom. The normalized spacial score (nSPS) is 12.6. The van der Waals surface area contributed by atoms with Gasteiger partial charge in [-0.25, -0.2) is 0 Å². The second kappa shape index (κ2) is 6.34. The molecule has 2 aromatic carbocycles. The third-order valence-corrected chi connectivity index (χ3v) is 2.88. The molecule has 94 valence electrons. The maximum atomic E-state index is 9.43. The lowest BCUT2D eigenvalue weighted by molar-refractivity contribution is 0.188. The lowest BCUT2D eigenvalue weighted by atomic mass is 9.98. The minimum absolute atomic E-state index is 0.127. The van der Waals surface area contributed by atoms with Crippen LogP contribution < -0.4 is 5.32 Å². The number of benzene rings is 2. The topological polar surface area (TPSA) is 32.3 Å². The van der Waals surface area contributed by atoms with Gasteiger partial charge in [0.15, 0.2) is 0 Å². The first kappa shape index (κ1) is 12.8. The molecule has 18 heavy (non-hydrogen) atoms. The van der Waals surface area contributed by atoms with Gasteiger partial charge in [-0.15, -0.1) is 0 Å². The van der Waals surface area contributed by atoms with Crippen molar-refractivity contribution in [1.29, 1.82) is 0 Å². The van der Waals surface area contributed by atoms with E-state index in [2.05, 4.69) is 29.6 Å². The van der Waals surface area contributed by atoms with Crippen molar-refractivity contribution in [2.24, 2.45) is 0 Å². The van der Waals surface area contributed by atoms with Crippen LogP contribution in [0.5, 0.6) is 0 Å². The molecule has 0 amide bonds. The molecule has 0 unspecified atom stereocenters. The number of aliphatic hydroxyl groups excluding tert-OH is 1. The van der Waals surface area contributed by atoms with Crippen molar-refractivity contribution in [3.05, 3.63) is 71.8 Å². The van der Waals surface area contributed by atoms with E-state index in [-0.39, 0.29) is 12.1 Å². The summed E-state index contributed by atoms with van der Waals surface area (Å²) in [5.41, 5.74) is 2.42. The maximum absolute atomic E-state index is 9.43. The van der Waals surface area contributed by atoms with Crippen molar-refractivity contribution in [3.63, 3.8) is 0 Å². The van der Waals surface area contributed by atoms with E-state index in [4.69, 9.17) is 0 Å². The van der Waals surface area contributed by atoms with Crippen molar-refractivity contribution in [2.75, 3.05) is 6.54 Å². The second-order valence-corrected chi connectivity index (χ2v) is 4.51. The van der Waals surface area contributed by atoms with Crippen LogP contribution in [0, 0.1) is 0 Å². The van der Waals surface area contributed by atoms with Crippen LogP contribution in [-0.4, -0.2) is 17.8 Å². The van der Waals surface area contributed by atoms with E-state index in [9.17, 15) is 5.11 Å². The monoisotopic (exact) mass is 241 g/mol. The number of rotatable bonds is 5. The summed E-state index contributed by atoms with van der Waals surface area (Å²) in [5, 5.41) is 12.8. The zero-order valence-electron chi connectivity index (χ0n) is 10.6. The van der Waals surface area contributed by atoms with E-state index in [0.717, 1.165) is 0 Å². The largest absolute Gasteiger partial charge is 0.392 e. The van der Waals surface area contributed by atoms with E-state index in [1.165, 1.54) is 11.1 Å². The Hall–Kier alpha value is -1.64. The number of nitrogens with one attached hydrogen (secondary N) is 1. The molecule has 0 saturated carbocycles. The number of aliphatic hydroxyl groups is 1. The summed E-state index contributed by atoms with van der Waals surface area (Å²) < 4.78 is 0. The van der Waals surface area contributed by atoms with Crippen LogP contribution in [0.1, 0.15) is 24.1 Å². The summed E-state index contributed by atoms with van der Waals surface area (Å²) in [6.07, 6.45) is -0.347. The molecule has 2 heteroatoms. The average molecular weight is 241 g/mol. The zero-order valence-corrected chi connectivity index (χ0v) is 10.6. The van der Waals surface area contributed by atoms with Gasteiger partial charge in [0, 0.05) is 6.54 Å². The maximum Gasteiger partial charge on any atom is 0.0636 e. The van der Waals surface area contributed by atoms with E-state index < -0.39 is 0 Å². The fourth-order valence-corrected chi connectivity index (χ4v) is 2.01. The third kappa shape index (κ3) is 3.42. The Morgan fingerprint density at radius 2 is 1.33 bits per heavy atom. The van der Waals surface area contributed by atoms with E-state index >= 15 is 0 Å². The van der Waals surface area contributed by atoms with Gasteiger partial charge in [-0.1, -0.05) is 60.7 Å². The molecule has 2 rings (SSSR count). The molecule has 0 aliphatic rings. The van der Waals surface area contributed by atoms with Crippen molar-refractivity contribution in [1.82, 2.24) is 5.32 Å². The molecule has 0 aliphatic carbocycles. The molecule has 0 bridgehead atoms. The zero-order chi connectivity index (χ0) is 12.8. The first-order valence-corrected chi connectivity index (χ1v) is 6.28. The van der Waals surface area contributed by atoms with Crippen molar-refractivity contribution < 1.29 is 5.11 Å². The highest BCUT2D eigenvalue weighted by Gasteiger charge is 2.13. The van der Waals surface area contributed by atoms with Crippen LogP contribution >= 0.6 is 0 Å². The van der Waals surface area contributed by atoms with Gasteiger partial charge in [0.25, 0.3) is 0 Å². The summed E-state index contributed by atoms with van der Waals surface area (Å²) in [6, 6.07) is 20.7. The van der Waals surface area contributed by atoms with Crippen molar-refractivity contribution in [3.8, 4) is 0 Å². The Balaban J connectivity index is 2.24. The Bertz CT molecular complexity index is 414. The van der Waals surface area contributed by atoms with Crippen LogP contribution in [0.3, 0.4) is 0 Å². The lowest BCUT2D eigenvalue weighted by Gasteiger charge is -2.20. The first-order valence-electron chi connectivity index (χ1n) is 6.28. The molecule has 0 heterocycles. The SMILES string of the molecule is C[C@H](O)CNC(c1ccccc1)c1ccccc1. The molecule has 0 spiro atoms. The molecule has 2 aromatic rings. The third-order valence-electron chi connectivity index (χ3n) is 2.88. The standard InChI is InChI=1S/C16H19NO/c1-13(18)12-17-16(14-8-4-2-5-9-14)15-10-6-3-7-11-15/h2-11,13,16-18H,12H2,1H3/t13-/m0/s1. The Morgan fingerprint density at radius 1 is 0.889 bits per heavy atom. The van der Waals surface area contributed by atoms with Crippen molar-refractivity contribution >= 4 is 0 Å². The summed E-state index contributed by atoms with van der Waals surface area (Å²) in [6.45, 7) is 2.37. The number of hydrogen-bond donors (Lipinski definition) is 2. The highest BCUT2D eigenvalue weighted by Crippen LogP contribution is 2.21. The predicted molar refractivity (Wildman–Crippen MR) is 74.4 cm³/mol. The fraction of sp³-hybridized carbons (Fsp3) is 0.250. The van der Waals surface area contributed by atoms with Crippen LogP contribution in [-0.2, 0) is 0 Å². The molecule has 0 aliphatic heterocycles. The number of hydrogen-bond acceptors (Lipinski definition) is 2. The van der Waals surface area contributed by atoms with Gasteiger partial charge in [0.1, 0.15) is 0 Å².